The average molecular weight is 393 g/mol. The number of aromatic nitrogens is 2. The summed E-state index contributed by atoms with van der Waals surface area (Å²) in [5.74, 6) is 0. The second kappa shape index (κ2) is 7.41. The summed E-state index contributed by atoms with van der Waals surface area (Å²) >= 11 is 0. The van der Waals surface area contributed by atoms with Crippen LogP contribution in [0.5, 0.6) is 0 Å². The van der Waals surface area contributed by atoms with E-state index in [0.29, 0.717) is 24.5 Å². The van der Waals surface area contributed by atoms with Crippen LogP contribution in [0.4, 0.5) is 31.1 Å². The molecular weight excluding hydrogens is 380 g/mol. The number of carbonyl (C=O) groups is 1. The summed E-state index contributed by atoms with van der Waals surface area (Å²) in [6.45, 7) is 0. The molecule has 0 aromatic carbocycles. The molecule has 5 nitrogen and oxygen atoms in total. The summed E-state index contributed by atoms with van der Waals surface area (Å²) in [6, 6.07) is 1.19. The second-order valence-corrected chi connectivity index (χ2v) is 5.58. The predicted octanol–water partition coefficient (Wildman–Crippen LogP) is 4.30. The molecule has 146 valence electrons. The zero-order valence-electron chi connectivity index (χ0n) is 14.0. The molecule has 0 fully saturated rings. The Bertz CT molecular complexity index is 763. The lowest BCUT2D eigenvalue weighted by molar-refractivity contribution is -0.140. The molecule has 0 unspecified atom stereocenters. The van der Waals surface area contributed by atoms with E-state index in [-0.39, 0.29) is 0 Å². The first kappa shape index (κ1) is 20.5. The number of pyridine rings is 2. The molecule has 0 atom stereocenters. The number of carbonyl (C=O) groups excluding carboxylic acids is 1. The van der Waals surface area contributed by atoms with Crippen molar-refractivity contribution in [1.82, 2.24) is 14.9 Å². The maximum atomic E-state index is 13.3. The molecule has 0 saturated heterocycles. The molecule has 0 aliphatic rings. The third-order valence-corrected chi connectivity index (χ3v) is 3.46. The molecular formula is C16H13F6N3O2. The van der Waals surface area contributed by atoms with E-state index in [2.05, 4.69) is 9.97 Å². The number of amides is 1. The number of ether oxygens (including phenoxy) is 1. The van der Waals surface area contributed by atoms with E-state index >= 15 is 0 Å². The van der Waals surface area contributed by atoms with Gasteiger partial charge in [-0.2, -0.15) is 26.3 Å². The van der Waals surface area contributed by atoms with E-state index in [1.807, 2.05) is 0 Å². The van der Waals surface area contributed by atoms with Gasteiger partial charge in [0.2, 0.25) is 0 Å². The lowest BCUT2D eigenvalue weighted by atomic mass is 9.95. The van der Waals surface area contributed by atoms with Gasteiger partial charge in [-0.05, 0) is 12.1 Å². The number of alkyl halides is 6. The van der Waals surface area contributed by atoms with Crippen LogP contribution >= 0.6 is 0 Å². The zero-order chi connectivity index (χ0) is 20.4. The SMILES string of the molecule is CN(C)C(=O)OC(c1cnccc1C(F)(F)F)c1cnccc1C(F)(F)F. The number of hydrogen-bond acceptors (Lipinski definition) is 4. The van der Waals surface area contributed by atoms with Gasteiger partial charge < -0.3 is 9.64 Å². The summed E-state index contributed by atoms with van der Waals surface area (Å²) in [5, 5.41) is 0. The Morgan fingerprint density at radius 3 is 1.67 bits per heavy atom. The Kier molecular flexibility index (Phi) is 5.62. The van der Waals surface area contributed by atoms with Crippen LogP contribution in [0.1, 0.15) is 28.4 Å². The highest BCUT2D eigenvalue weighted by molar-refractivity contribution is 5.68. The predicted molar refractivity (Wildman–Crippen MR) is 80.5 cm³/mol. The van der Waals surface area contributed by atoms with Crippen LogP contribution in [0.3, 0.4) is 0 Å². The summed E-state index contributed by atoms with van der Waals surface area (Å²) in [4.78, 5) is 19.9. The van der Waals surface area contributed by atoms with Gasteiger partial charge in [-0.3, -0.25) is 9.97 Å². The molecule has 11 heteroatoms. The van der Waals surface area contributed by atoms with E-state index < -0.39 is 46.8 Å². The van der Waals surface area contributed by atoms with Crippen molar-refractivity contribution >= 4 is 6.09 Å². The molecule has 2 aromatic heterocycles. The number of hydrogen-bond donors (Lipinski definition) is 0. The molecule has 2 heterocycles. The van der Waals surface area contributed by atoms with Crippen molar-refractivity contribution in [2.24, 2.45) is 0 Å². The van der Waals surface area contributed by atoms with Gasteiger partial charge in [0, 0.05) is 50.0 Å². The molecule has 2 rings (SSSR count). The van der Waals surface area contributed by atoms with Crippen molar-refractivity contribution in [2.75, 3.05) is 14.1 Å². The quantitative estimate of drug-likeness (QED) is 0.730. The first-order valence-corrected chi connectivity index (χ1v) is 7.33. The van der Waals surface area contributed by atoms with Crippen molar-refractivity contribution in [3.05, 3.63) is 59.2 Å². The fourth-order valence-corrected chi connectivity index (χ4v) is 2.25. The summed E-state index contributed by atoms with van der Waals surface area (Å²) < 4.78 is 85.0. The molecule has 2 aromatic rings. The topological polar surface area (TPSA) is 55.3 Å². The molecule has 0 saturated carbocycles. The van der Waals surface area contributed by atoms with Gasteiger partial charge in [-0.15, -0.1) is 0 Å². The molecule has 0 bridgehead atoms. The molecule has 0 spiro atoms. The highest BCUT2D eigenvalue weighted by Gasteiger charge is 2.41. The van der Waals surface area contributed by atoms with Gasteiger partial charge in [0.05, 0.1) is 11.1 Å². The molecule has 0 aliphatic heterocycles. The highest BCUT2D eigenvalue weighted by atomic mass is 19.4. The Hall–Kier alpha value is -2.85. The maximum Gasteiger partial charge on any atom is 0.416 e. The summed E-state index contributed by atoms with van der Waals surface area (Å²) in [6.07, 6.45) is -9.85. The minimum Gasteiger partial charge on any atom is -0.436 e. The minimum atomic E-state index is -4.90. The van der Waals surface area contributed by atoms with Gasteiger partial charge in [-0.1, -0.05) is 0 Å². The van der Waals surface area contributed by atoms with Crippen molar-refractivity contribution in [3.8, 4) is 0 Å². The molecule has 1 amide bonds. The molecule has 27 heavy (non-hydrogen) atoms. The largest absolute Gasteiger partial charge is 0.436 e. The van der Waals surface area contributed by atoms with Crippen molar-refractivity contribution in [2.45, 2.75) is 18.5 Å². The number of rotatable bonds is 3. The monoisotopic (exact) mass is 393 g/mol. The minimum absolute atomic E-state index is 0.593. The number of nitrogens with zero attached hydrogens (tertiary/aromatic N) is 3. The second-order valence-electron chi connectivity index (χ2n) is 5.58. The number of halogens is 6. The van der Waals surface area contributed by atoms with Crippen molar-refractivity contribution < 1.29 is 35.9 Å². The van der Waals surface area contributed by atoms with Crippen LogP contribution in [0.2, 0.25) is 0 Å². The van der Waals surface area contributed by atoms with Gasteiger partial charge in [0.15, 0.2) is 6.10 Å². The Labute approximate surface area is 149 Å². The molecule has 0 radical (unpaired) electrons. The van der Waals surface area contributed by atoms with E-state index in [9.17, 15) is 31.1 Å². The van der Waals surface area contributed by atoms with E-state index in [0.717, 1.165) is 17.3 Å². The smallest absolute Gasteiger partial charge is 0.416 e. The van der Waals surface area contributed by atoms with Gasteiger partial charge in [-0.25, -0.2) is 4.79 Å². The fraction of sp³-hybridized carbons (Fsp3) is 0.312. The summed E-state index contributed by atoms with van der Waals surface area (Å²) in [5.41, 5.74) is -4.02. The Morgan fingerprint density at radius 1 is 0.926 bits per heavy atom. The Morgan fingerprint density at radius 2 is 1.33 bits per heavy atom. The van der Waals surface area contributed by atoms with Crippen LogP contribution in [-0.2, 0) is 17.1 Å². The maximum absolute atomic E-state index is 13.3. The van der Waals surface area contributed by atoms with E-state index in [1.165, 1.54) is 14.1 Å². The van der Waals surface area contributed by atoms with Gasteiger partial charge in [0.25, 0.3) is 0 Å². The van der Waals surface area contributed by atoms with Crippen LogP contribution in [0, 0.1) is 0 Å². The normalized spacial score (nSPS) is 12.2. The highest BCUT2D eigenvalue weighted by Crippen LogP contribution is 2.41. The van der Waals surface area contributed by atoms with Gasteiger partial charge >= 0.3 is 18.4 Å². The zero-order valence-corrected chi connectivity index (χ0v) is 14.0. The lowest BCUT2D eigenvalue weighted by Gasteiger charge is -2.25. The first-order chi connectivity index (χ1) is 12.4. The third-order valence-electron chi connectivity index (χ3n) is 3.46. The van der Waals surface area contributed by atoms with Gasteiger partial charge in [0.1, 0.15) is 0 Å². The molecule has 0 N–H and O–H groups in total. The summed E-state index contributed by atoms with van der Waals surface area (Å²) in [7, 11) is 2.47. The van der Waals surface area contributed by atoms with Crippen LogP contribution in [0.15, 0.2) is 36.9 Å². The fourth-order valence-electron chi connectivity index (χ4n) is 2.25. The van der Waals surface area contributed by atoms with Crippen LogP contribution in [0.25, 0.3) is 0 Å². The molecule has 0 aliphatic carbocycles. The standard InChI is InChI=1S/C16H13F6N3O2/c1-25(2)14(26)27-13(9-7-23-5-3-11(9)15(17,18)19)10-8-24-6-4-12(10)16(20,21)22/h3-8,13H,1-2H3. The van der Waals surface area contributed by atoms with Crippen molar-refractivity contribution in [3.63, 3.8) is 0 Å². The average Bonchev–Trinajstić information content (AvgIpc) is 2.58. The van der Waals surface area contributed by atoms with Crippen LogP contribution < -0.4 is 0 Å². The van der Waals surface area contributed by atoms with Crippen molar-refractivity contribution in [1.29, 1.82) is 0 Å². The van der Waals surface area contributed by atoms with E-state index in [4.69, 9.17) is 4.74 Å². The van der Waals surface area contributed by atoms with Crippen LogP contribution in [-0.4, -0.2) is 35.1 Å². The van der Waals surface area contributed by atoms with E-state index in [1.54, 1.807) is 0 Å². The third kappa shape index (κ3) is 4.66. The lowest BCUT2D eigenvalue weighted by Crippen LogP contribution is -2.27. The first-order valence-electron chi connectivity index (χ1n) is 7.33. The Balaban J connectivity index is 2.72.